The summed E-state index contributed by atoms with van der Waals surface area (Å²) in [7, 11) is 0. The minimum Gasteiger partial charge on any atom is -0.487 e. The smallest absolute Gasteiger partial charge is 0.311 e. The molecule has 1 N–H and O–H groups in total. The summed E-state index contributed by atoms with van der Waals surface area (Å²) in [4.78, 5) is 12.6. The van der Waals surface area contributed by atoms with Crippen LogP contribution in [0.1, 0.15) is 13.8 Å². The van der Waals surface area contributed by atoms with E-state index in [-0.39, 0.29) is 30.2 Å². The van der Waals surface area contributed by atoms with Gasteiger partial charge in [-0.1, -0.05) is 0 Å². The number of ether oxygens (including phenoxy) is 2. The van der Waals surface area contributed by atoms with Crippen molar-refractivity contribution >= 4 is 11.4 Å². The Morgan fingerprint density at radius 1 is 1.57 bits per heavy atom. The average Bonchev–Trinajstić information content (AvgIpc) is 2.48. The number of benzene rings is 1. The molecule has 1 heterocycles. The molecule has 1 fully saturated rings. The number of hydrogen-bond donors (Lipinski definition) is 1. The summed E-state index contributed by atoms with van der Waals surface area (Å²) in [5.74, 6) is 0.263. The summed E-state index contributed by atoms with van der Waals surface area (Å²) in [5.41, 5.74) is 0.790. The van der Waals surface area contributed by atoms with Gasteiger partial charge in [-0.25, -0.2) is 0 Å². The molecule has 0 radical (unpaired) electrons. The lowest BCUT2D eigenvalue weighted by atomic mass is 10.1. The number of nitrogens with zero attached hydrogens (tertiary/aromatic N) is 2. The van der Waals surface area contributed by atoms with Crippen molar-refractivity contribution < 1.29 is 19.5 Å². The lowest BCUT2D eigenvalue weighted by Crippen LogP contribution is -2.49. The van der Waals surface area contributed by atoms with Gasteiger partial charge in [0.25, 0.3) is 0 Å². The predicted octanol–water partition coefficient (Wildman–Crippen LogP) is 1.58. The molecule has 0 bridgehead atoms. The van der Waals surface area contributed by atoms with E-state index in [1.165, 1.54) is 6.07 Å². The number of nitro groups is 1. The molecular weight excluding hydrogens is 276 g/mol. The zero-order chi connectivity index (χ0) is 15.4. The van der Waals surface area contributed by atoms with Crippen LogP contribution in [-0.2, 0) is 4.74 Å². The topological polar surface area (TPSA) is 85.1 Å². The van der Waals surface area contributed by atoms with Crippen molar-refractivity contribution in [1.82, 2.24) is 0 Å². The molecule has 0 saturated carbocycles. The van der Waals surface area contributed by atoms with Crippen LogP contribution < -0.4 is 9.64 Å². The lowest BCUT2D eigenvalue weighted by molar-refractivity contribution is -0.385. The van der Waals surface area contributed by atoms with Crippen LogP contribution in [0.3, 0.4) is 0 Å². The molecule has 0 spiro atoms. The molecule has 0 amide bonds. The highest BCUT2D eigenvalue weighted by Crippen LogP contribution is 2.33. The Hall–Kier alpha value is -1.86. The van der Waals surface area contributed by atoms with Gasteiger partial charge in [-0.05, 0) is 19.9 Å². The minimum absolute atomic E-state index is 0.0415. The fraction of sp³-hybridized carbons (Fsp3) is 0.571. The maximum atomic E-state index is 11.0. The molecule has 7 heteroatoms. The van der Waals surface area contributed by atoms with Crippen LogP contribution in [0, 0.1) is 10.1 Å². The van der Waals surface area contributed by atoms with E-state index in [0.717, 1.165) is 5.69 Å². The predicted molar refractivity (Wildman–Crippen MR) is 77.9 cm³/mol. The van der Waals surface area contributed by atoms with Gasteiger partial charge in [-0.15, -0.1) is 0 Å². The summed E-state index contributed by atoms with van der Waals surface area (Å²) in [5, 5.41) is 20.2. The van der Waals surface area contributed by atoms with Gasteiger partial charge < -0.3 is 19.5 Å². The Labute approximate surface area is 123 Å². The van der Waals surface area contributed by atoms with E-state index in [0.29, 0.717) is 19.8 Å². The van der Waals surface area contributed by atoms with Crippen molar-refractivity contribution in [2.45, 2.75) is 26.0 Å². The Balaban J connectivity index is 2.30. The van der Waals surface area contributed by atoms with Gasteiger partial charge in [0.15, 0.2) is 5.75 Å². The molecule has 1 aromatic rings. The van der Waals surface area contributed by atoms with E-state index in [4.69, 9.17) is 9.47 Å². The molecule has 116 valence electrons. The van der Waals surface area contributed by atoms with E-state index >= 15 is 0 Å². The maximum Gasteiger partial charge on any atom is 0.311 e. The van der Waals surface area contributed by atoms with Crippen LogP contribution >= 0.6 is 0 Å². The molecule has 1 aliphatic heterocycles. The molecule has 1 aliphatic rings. The molecule has 0 aliphatic carbocycles. The monoisotopic (exact) mass is 296 g/mol. The SMILES string of the molecule is CCOc1cc(N2CC(CO)OCC2C)ccc1[N+](=O)[O-]. The number of aliphatic hydroxyl groups excluding tert-OH is 1. The van der Waals surface area contributed by atoms with E-state index in [9.17, 15) is 15.2 Å². The van der Waals surface area contributed by atoms with Gasteiger partial charge in [0.2, 0.25) is 0 Å². The van der Waals surface area contributed by atoms with Gasteiger partial charge in [-0.2, -0.15) is 0 Å². The maximum absolute atomic E-state index is 11.0. The number of morpholine rings is 1. The largest absolute Gasteiger partial charge is 0.487 e. The standard InChI is InChI=1S/C14H20N2O5/c1-3-20-14-6-11(4-5-13(14)16(18)19)15-7-12(8-17)21-9-10(15)2/h4-6,10,12,17H,3,7-9H2,1-2H3. The van der Waals surface area contributed by atoms with Gasteiger partial charge in [0.05, 0.1) is 30.8 Å². The van der Waals surface area contributed by atoms with E-state index in [2.05, 4.69) is 4.90 Å². The first-order valence-electron chi connectivity index (χ1n) is 6.97. The molecule has 7 nitrogen and oxygen atoms in total. The van der Waals surface area contributed by atoms with Crippen molar-refractivity contribution in [2.24, 2.45) is 0 Å². The first-order valence-corrected chi connectivity index (χ1v) is 6.97. The normalized spacial score (nSPS) is 22.1. The number of aliphatic hydroxyl groups is 1. The van der Waals surface area contributed by atoms with Gasteiger partial charge in [0, 0.05) is 30.4 Å². The van der Waals surface area contributed by atoms with Gasteiger partial charge >= 0.3 is 5.69 Å². The van der Waals surface area contributed by atoms with Gasteiger partial charge in [0.1, 0.15) is 0 Å². The summed E-state index contributed by atoms with van der Waals surface area (Å²) < 4.78 is 10.9. The quantitative estimate of drug-likeness (QED) is 0.656. The number of hydrogen-bond acceptors (Lipinski definition) is 6. The minimum atomic E-state index is -0.450. The molecular formula is C14H20N2O5. The fourth-order valence-electron chi connectivity index (χ4n) is 2.39. The van der Waals surface area contributed by atoms with Crippen LogP contribution in [0.2, 0.25) is 0 Å². The zero-order valence-corrected chi connectivity index (χ0v) is 12.2. The third-order valence-electron chi connectivity index (χ3n) is 3.48. The van der Waals surface area contributed by atoms with Crippen LogP contribution in [0.15, 0.2) is 18.2 Å². The van der Waals surface area contributed by atoms with Crippen LogP contribution in [0.5, 0.6) is 5.75 Å². The van der Waals surface area contributed by atoms with Crippen molar-refractivity contribution in [3.05, 3.63) is 28.3 Å². The second-order valence-electron chi connectivity index (χ2n) is 4.98. The first-order chi connectivity index (χ1) is 10.1. The second-order valence-corrected chi connectivity index (χ2v) is 4.98. The number of nitro benzene ring substituents is 1. The zero-order valence-electron chi connectivity index (χ0n) is 12.2. The molecule has 1 aromatic carbocycles. The summed E-state index contributed by atoms with van der Waals surface area (Å²) >= 11 is 0. The third-order valence-corrected chi connectivity index (χ3v) is 3.48. The fourth-order valence-corrected chi connectivity index (χ4v) is 2.39. The highest BCUT2D eigenvalue weighted by molar-refractivity contribution is 5.60. The van der Waals surface area contributed by atoms with E-state index < -0.39 is 4.92 Å². The third kappa shape index (κ3) is 3.43. The molecule has 0 aromatic heterocycles. The van der Waals surface area contributed by atoms with Crippen LogP contribution in [0.25, 0.3) is 0 Å². The average molecular weight is 296 g/mol. The van der Waals surface area contributed by atoms with Crippen LogP contribution in [0.4, 0.5) is 11.4 Å². The Bertz CT molecular complexity index is 508. The van der Waals surface area contributed by atoms with E-state index in [1.54, 1.807) is 19.1 Å². The molecule has 1 saturated heterocycles. The molecule has 21 heavy (non-hydrogen) atoms. The molecule has 2 atom stereocenters. The number of anilines is 1. The van der Waals surface area contributed by atoms with Crippen molar-refractivity contribution in [3.63, 3.8) is 0 Å². The number of rotatable bonds is 5. The highest BCUT2D eigenvalue weighted by atomic mass is 16.6. The Kier molecular flexibility index (Phi) is 4.98. The molecule has 2 unspecified atom stereocenters. The Morgan fingerprint density at radius 3 is 2.95 bits per heavy atom. The van der Waals surface area contributed by atoms with E-state index in [1.807, 2.05) is 6.92 Å². The van der Waals surface area contributed by atoms with Crippen molar-refractivity contribution in [3.8, 4) is 5.75 Å². The van der Waals surface area contributed by atoms with Crippen LogP contribution in [-0.4, -0.2) is 48.5 Å². The second kappa shape index (κ2) is 6.73. The summed E-state index contributed by atoms with van der Waals surface area (Å²) in [6.07, 6.45) is -0.244. The van der Waals surface area contributed by atoms with Crippen molar-refractivity contribution in [1.29, 1.82) is 0 Å². The van der Waals surface area contributed by atoms with Gasteiger partial charge in [-0.3, -0.25) is 10.1 Å². The summed E-state index contributed by atoms with van der Waals surface area (Å²) in [6, 6.07) is 4.97. The summed E-state index contributed by atoms with van der Waals surface area (Å²) in [6.45, 7) is 5.16. The first kappa shape index (κ1) is 15.5. The highest BCUT2D eigenvalue weighted by Gasteiger charge is 2.27. The van der Waals surface area contributed by atoms with Crippen molar-refractivity contribution in [2.75, 3.05) is 31.3 Å². The lowest BCUT2D eigenvalue weighted by Gasteiger charge is -2.39. The Morgan fingerprint density at radius 2 is 2.33 bits per heavy atom. The molecule has 2 rings (SSSR count).